The largest absolute Gasteiger partial charge is 0.359 e. The van der Waals surface area contributed by atoms with E-state index in [0.717, 1.165) is 5.57 Å². The number of rotatable bonds is 3. The van der Waals surface area contributed by atoms with Gasteiger partial charge < -0.3 is 5.32 Å². The maximum atomic E-state index is 11.6. The Morgan fingerprint density at radius 2 is 2.33 bits per heavy atom. The third-order valence-corrected chi connectivity index (χ3v) is 1.72. The van der Waals surface area contributed by atoms with Gasteiger partial charge in [0.05, 0.1) is 5.69 Å². The fourth-order valence-corrected chi connectivity index (χ4v) is 1.02. The zero-order valence-electron chi connectivity index (χ0n) is 9.09. The highest BCUT2D eigenvalue weighted by molar-refractivity contribution is 5.79. The Labute approximate surface area is 88.0 Å². The molecule has 0 aliphatic rings. The summed E-state index contributed by atoms with van der Waals surface area (Å²) in [5, 5.41) is 2.76. The van der Waals surface area contributed by atoms with E-state index in [1.54, 1.807) is 14.0 Å². The van der Waals surface area contributed by atoms with E-state index in [9.17, 15) is 4.79 Å². The zero-order valence-corrected chi connectivity index (χ0v) is 9.09. The average Bonchev–Trinajstić information content (AvgIpc) is 2.15. The molecule has 5 heteroatoms. The summed E-state index contributed by atoms with van der Waals surface area (Å²) in [6.45, 7) is 7.21. The molecule has 0 fully saturated rings. The van der Waals surface area contributed by atoms with Crippen LogP contribution in [-0.2, 0) is 0 Å². The second kappa shape index (κ2) is 4.54. The van der Waals surface area contributed by atoms with Gasteiger partial charge in [0.1, 0.15) is 5.69 Å². The maximum Gasteiger partial charge on any atom is 0.278 e. The molecule has 5 nitrogen and oxygen atoms in total. The van der Waals surface area contributed by atoms with Gasteiger partial charge in [-0.25, -0.2) is 9.98 Å². The second-order valence-corrected chi connectivity index (χ2v) is 3.20. The first-order valence-electron chi connectivity index (χ1n) is 4.53. The molecule has 1 rings (SSSR count). The fourth-order valence-electron chi connectivity index (χ4n) is 1.02. The number of anilines is 1. The number of aryl methyl sites for hydroxylation is 1. The molecule has 1 aromatic rings. The lowest BCUT2D eigenvalue weighted by Crippen LogP contribution is -2.12. The summed E-state index contributed by atoms with van der Waals surface area (Å²) in [4.78, 5) is 22.3. The summed E-state index contributed by atoms with van der Waals surface area (Å²) in [7, 11) is 1.69. The number of nitrogens with one attached hydrogen (secondary N) is 2. The molecule has 1 heterocycles. The van der Waals surface area contributed by atoms with Crippen molar-refractivity contribution >= 4 is 17.9 Å². The van der Waals surface area contributed by atoms with Crippen molar-refractivity contribution in [3.8, 4) is 0 Å². The van der Waals surface area contributed by atoms with E-state index in [2.05, 4.69) is 26.9 Å². The molecule has 0 unspecified atom stereocenters. The molecule has 0 bridgehead atoms. The van der Waals surface area contributed by atoms with Gasteiger partial charge in [0.25, 0.3) is 5.56 Å². The minimum atomic E-state index is -0.260. The summed E-state index contributed by atoms with van der Waals surface area (Å²) in [6.07, 6.45) is 1.54. The van der Waals surface area contributed by atoms with Crippen molar-refractivity contribution in [1.29, 1.82) is 0 Å². The van der Waals surface area contributed by atoms with Crippen molar-refractivity contribution in [1.82, 2.24) is 9.97 Å². The predicted octanol–water partition coefficient (Wildman–Crippen LogP) is 1.40. The number of aromatic nitrogens is 2. The molecule has 0 spiro atoms. The highest BCUT2D eigenvalue weighted by Crippen LogP contribution is 2.10. The molecule has 0 aliphatic heterocycles. The predicted molar refractivity (Wildman–Crippen MR) is 62.1 cm³/mol. The van der Waals surface area contributed by atoms with E-state index in [4.69, 9.17) is 0 Å². The summed E-state index contributed by atoms with van der Waals surface area (Å²) < 4.78 is 0. The average molecular weight is 206 g/mol. The van der Waals surface area contributed by atoms with Crippen molar-refractivity contribution in [3.63, 3.8) is 0 Å². The van der Waals surface area contributed by atoms with Crippen molar-refractivity contribution < 1.29 is 0 Å². The van der Waals surface area contributed by atoms with Crippen LogP contribution in [0.3, 0.4) is 0 Å². The lowest BCUT2D eigenvalue weighted by Gasteiger charge is -2.02. The smallest absolute Gasteiger partial charge is 0.278 e. The van der Waals surface area contributed by atoms with Gasteiger partial charge in [0, 0.05) is 13.3 Å². The van der Waals surface area contributed by atoms with Crippen LogP contribution in [0.15, 0.2) is 21.9 Å². The van der Waals surface area contributed by atoms with Crippen LogP contribution in [-0.4, -0.2) is 23.2 Å². The topological polar surface area (TPSA) is 70.1 Å². The highest BCUT2D eigenvalue weighted by atomic mass is 16.1. The number of hydrogen-bond acceptors (Lipinski definition) is 4. The molecule has 0 saturated carbocycles. The van der Waals surface area contributed by atoms with Crippen LogP contribution in [0.1, 0.15) is 12.6 Å². The molecule has 0 atom stereocenters. The van der Waals surface area contributed by atoms with Crippen molar-refractivity contribution in [2.45, 2.75) is 13.8 Å². The van der Waals surface area contributed by atoms with Gasteiger partial charge in [0.2, 0.25) is 5.95 Å². The van der Waals surface area contributed by atoms with Crippen molar-refractivity contribution in [2.24, 2.45) is 4.99 Å². The quantitative estimate of drug-likeness (QED) is 0.734. The van der Waals surface area contributed by atoms with Crippen molar-refractivity contribution in [2.75, 3.05) is 12.4 Å². The van der Waals surface area contributed by atoms with E-state index >= 15 is 0 Å². The second-order valence-electron chi connectivity index (χ2n) is 3.20. The lowest BCUT2D eigenvalue weighted by molar-refractivity contribution is 1.05. The Bertz CT molecular complexity index is 459. The monoisotopic (exact) mass is 206 g/mol. The van der Waals surface area contributed by atoms with Crippen LogP contribution < -0.4 is 10.9 Å². The van der Waals surface area contributed by atoms with Crippen LogP contribution in [0.4, 0.5) is 11.6 Å². The van der Waals surface area contributed by atoms with Gasteiger partial charge in [-0.3, -0.25) is 9.78 Å². The van der Waals surface area contributed by atoms with Gasteiger partial charge in [-0.05, 0) is 19.4 Å². The molecule has 0 aliphatic carbocycles. The highest BCUT2D eigenvalue weighted by Gasteiger charge is 2.04. The number of hydrogen-bond donors (Lipinski definition) is 2. The zero-order chi connectivity index (χ0) is 11.4. The third-order valence-electron chi connectivity index (χ3n) is 1.72. The van der Waals surface area contributed by atoms with Gasteiger partial charge in [0.15, 0.2) is 0 Å². The fraction of sp³-hybridized carbons (Fsp3) is 0.300. The van der Waals surface area contributed by atoms with Crippen LogP contribution in [0.25, 0.3) is 0 Å². The molecule has 2 N–H and O–H groups in total. The molecule has 80 valence electrons. The van der Waals surface area contributed by atoms with Gasteiger partial charge in [-0.1, -0.05) is 6.58 Å². The molecule has 0 aromatic carbocycles. The van der Waals surface area contributed by atoms with Crippen molar-refractivity contribution in [3.05, 3.63) is 28.2 Å². The van der Waals surface area contributed by atoms with Gasteiger partial charge >= 0.3 is 0 Å². The van der Waals surface area contributed by atoms with E-state index in [1.165, 1.54) is 6.21 Å². The van der Waals surface area contributed by atoms with E-state index in [-0.39, 0.29) is 5.56 Å². The molecule has 0 amide bonds. The molecule has 1 aromatic heterocycles. The van der Waals surface area contributed by atoms with Gasteiger partial charge in [-0.15, -0.1) is 0 Å². The third kappa shape index (κ3) is 2.77. The normalized spacial score (nSPS) is 10.6. The van der Waals surface area contributed by atoms with Crippen LogP contribution in [0, 0.1) is 6.92 Å². The van der Waals surface area contributed by atoms with Gasteiger partial charge in [-0.2, -0.15) is 0 Å². The first kappa shape index (κ1) is 11.2. The molecule has 0 saturated heterocycles. The summed E-state index contributed by atoms with van der Waals surface area (Å²) in [5.41, 5.74) is 1.42. The summed E-state index contributed by atoms with van der Waals surface area (Å²) in [6, 6.07) is 0. The van der Waals surface area contributed by atoms with Crippen LogP contribution >= 0.6 is 0 Å². The SMILES string of the molecule is C=C(C)C=Nc1c(C)nc(NC)[nH]c1=O. The molecule has 0 radical (unpaired) electrons. The van der Waals surface area contributed by atoms with E-state index in [0.29, 0.717) is 17.3 Å². The first-order valence-corrected chi connectivity index (χ1v) is 4.53. The Hall–Kier alpha value is -1.91. The Kier molecular flexibility index (Phi) is 3.38. The van der Waals surface area contributed by atoms with E-state index in [1.807, 2.05) is 6.92 Å². The minimum Gasteiger partial charge on any atom is -0.359 e. The number of allylic oxidation sites excluding steroid dienone is 1. The van der Waals surface area contributed by atoms with E-state index < -0.39 is 0 Å². The minimum absolute atomic E-state index is 0.260. The summed E-state index contributed by atoms with van der Waals surface area (Å²) >= 11 is 0. The molecule has 15 heavy (non-hydrogen) atoms. The maximum absolute atomic E-state index is 11.6. The molecular weight excluding hydrogens is 192 g/mol. The first-order chi connectivity index (χ1) is 7.04. The van der Waals surface area contributed by atoms with Crippen LogP contribution in [0.2, 0.25) is 0 Å². The Balaban J connectivity index is 3.20. The standard InChI is InChI=1S/C10H14N4O/c1-6(2)5-12-8-7(3)13-10(11-4)14-9(8)15/h5H,1H2,2-4H3,(H2,11,13,14,15). The number of aliphatic imine (C=N–C) groups is 1. The van der Waals surface area contributed by atoms with Crippen LogP contribution in [0.5, 0.6) is 0 Å². The number of H-pyrrole nitrogens is 1. The molecular formula is C10H14N4O. The Morgan fingerprint density at radius 1 is 1.67 bits per heavy atom. The number of nitrogens with zero attached hydrogens (tertiary/aromatic N) is 2. The Morgan fingerprint density at radius 3 is 2.80 bits per heavy atom. The summed E-state index contributed by atoms with van der Waals surface area (Å²) in [5.74, 6) is 0.437. The number of aromatic amines is 1. The lowest BCUT2D eigenvalue weighted by atomic mass is 10.3.